The van der Waals surface area contributed by atoms with Crippen LogP contribution < -0.4 is 10.9 Å². The first kappa shape index (κ1) is 24.7. The molecule has 2 N–H and O–H groups in total. The quantitative estimate of drug-likeness (QED) is 0.154. The van der Waals surface area contributed by atoms with Crippen molar-refractivity contribution in [1.82, 2.24) is 19.9 Å². The van der Waals surface area contributed by atoms with E-state index >= 15 is 0 Å². The number of allylic oxidation sites excluding steroid dienone is 1. The van der Waals surface area contributed by atoms with E-state index < -0.39 is 12.0 Å². The molecule has 0 aliphatic carbocycles. The molecule has 0 spiro atoms. The van der Waals surface area contributed by atoms with Crippen LogP contribution in [0.25, 0.3) is 21.1 Å². The smallest absolute Gasteiger partial charge is 0.328 e. The van der Waals surface area contributed by atoms with Crippen LogP contribution in [0.15, 0.2) is 53.1 Å². The summed E-state index contributed by atoms with van der Waals surface area (Å²) in [7, 11) is 1.30. The number of carbonyl (C=O) groups excluding carboxylic acids is 2. The summed E-state index contributed by atoms with van der Waals surface area (Å²) in [5.41, 5.74) is 2.63. The number of thioether (sulfide) groups is 1. The predicted octanol–water partition coefficient (Wildman–Crippen LogP) is 3.73. The Morgan fingerprint density at radius 1 is 1.34 bits per heavy atom. The highest BCUT2D eigenvalue weighted by Crippen LogP contribution is 2.28. The van der Waals surface area contributed by atoms with Gasteiger partial charge in [0.2, 0.25) is 5.91 Å². The summed E-state index contributed by atoms with van der Waals surface area (Å²) < 4.78 is 6.45. The van der Waals surface area contributed by atoms with Crippen molar-refractivity contribution in [2.24, 2.45) is 0 Å². The maximum Gasteiger partial charge on any atom is 0.328 e. The number of hydrogen-bond acceptors (Lipinski definition) is 7. The minimum atomic E-state index is -0.847. The van der Waals surface area contributed by atoms with E-state index in [9.17, 15) is 14.4 Å². The third-order valence-electron chi connectivity index (χ3n) is 5.82. The lowest BCUT2D eigenvalue weighted by Gasteiger charge is -2.16. The molecular formula is C25H26N4O4S2. The number of fused-ring (bicyclic) bond motifs is 2. The molecule has 1 aromatic carbocycles. The standard InChI is InChI=1S/C25H26N4O4S2/c1-5-10-29-23(31)21-14(2)15(3)35-22(21)28-25(29)34-13-20(30)27-19(24(32)33-4)11-16-12-26-18-9-7-6-8-17(16)18/h5-9,12,19,26H,1,10-11,13H2,2-4H3,(H,27,30)/t19-/m1/s1. The van der Waals surface area contributed by atoms with E-state index in [0.717, 1.165) is 38.7 Å². The number of amides is 1. The van der Waals surface area contributed by atoms with Gasteiger partial charge in [-0.05, 0) is 31.0 Å². The van der Waals surface area contributed by atoms with Gasteiger partial charge in [-0.2, -0.15) is 0 Å². The maximum absolute atomic E-state index is 13.1. The zero-order chi connectivity index (χ0) is 25.1. The van der Waals surface area contributed by atoms with Crippen LogP contribution in [0.5, 0.6) is 0 Å². The number of aromatic nitrogens is 3. The van der Waals surface area contributed by atoms with E-state index in [1.54, 1.807) is 6.08 Å². The lowest BCUT2D eigenvalue weighted by molar-refractivity contribution is -0.144. The molecule has 4 aromatic rings. The largest absolute Gasteiger partial charge is 0.467 e. The highest BCUT2D eigenvalue weighted by molar-refractivity contribution is 7.99. The average molecular weight is 511 g/mol. The van der Waals surface area contributed by atoms with Gasteiger partial charge in [0.25, 0.3) is 5.56 Å². The summed E-state index contributed by atoms with van der Waals surface area (Å²) >= 11 is 2.61. The third-order valence-corrected chi connectivity index (χ3v) is 7.90. The van der Waals surface area contributed by atoms with Crippen LogP contribution in [0.3, 0.4) is 0 Å². The second-order valence-corrected chi connectivity index (χ2v) is 10.2. The number of esters is 1. The number of aromatic amines is 1. The molecule has 3 aromatic heterocycles. The van der Waals surface area contributed by atoms with Crippen molar-refractivity contribution in [1.29, 1.82) is 0 Å². The van der Waals surface area contributed by atoms with Crippen molar-refractivity contribution < 1.29 is 14.3 Å². The van der Waals surface area contributed by atoms with E-state index in [4.69, 9.17) is 4.74 Å². The molecule has 0 unspecified atom stereocenters. The summed E-state index contributed by atoms with van der Waals surface area (Å²) in [6.45, 7) is 7.89. The molecule has 0 saturated heterocycles. The van der Waals surface area contributed by atoms with E-state index in [-0.39, 0.29) is 30.2 Å². The molecule has 1 amide bonds. The number of H-pyrrole nitrogens is 1. The van der Waals surface area contributed by atoms with Crippen LogP contribution in [-0.4, -0.2) is 45.3 Å². The summed E-state index contributed by atoms with van der Waals surface area (Å²) in [4.78, 5) is 47.9. The monoisotopic (exact) mass is 510 g/mol. The van der Waals surface area contributed by atoms with E-state index in [0.29, 0.717) is 15.4 Å². The Bertz CT molecular complexity index is 1480. The van der Waals surface area contributed by atoms with E-state index in [1.165, 1.54) is 23.0 Å². The number of para-hydroxylation sites is 1. The minimum absolute atomic E-state index is 0.0141. The van der Waals surface area contributed by atoms with Crippen LogP contribution in [0.4, 0.5) is 0 Å². The molecule has 10 heteroatoms. The SMILES string of the molecule is C=CCn1c(SCC(=O)N[C@H](Cc2c[nH]c3ccccc23)C(=O)OC)nc2sc(C)c(C)c2c1=O. The highest BCUT2D eigenvalue weighted by Gasteiger charge is 2.24. The van der Waals surface area contributed by atoms with Gasteiger partial charge in [-0.1, -0.05) is 36.0 Å². The lowest BCUT2D eigenvalue weighted by atomic mass is 10.0. The first-order chi connectivity index (χ1) is 16.8. The van der Waals surface area contributed by atoms with Crippen molar-refractivity contribution in [2.75, 3.05) is 12.9 Å². The molecule has 0 saturated carbocycles. The Labute approximate surface area is 210 Å². The molecule has 0 radical (unpaired) electrons. The van der Waals surface area contributed by atoms with Crippen LogP contribution in [0.1, 0.15) is 16.0 Å². The summed E-state index contributed by atoms with van der Waals surface area (Å²) in [5, 5.41) is 4.80. The average Bonchev–Trinajstić information content (AvgIpc) is 3.39. The number of rotatable bonds is 9. The number of hydrogen-bond donors (Lipinski definition) is 2. The fourth-order valence-corrected chi connectivity index (χ4v) is 5.82. The maximum atomic E-state index is 13.1. The van der Waals surface area contributed by atoms with Crippen molar-refractivity contribution in [3.8, 4) is 0 Å². The minimum Gasteiger partial charge on any atom is -0.467 e. The second kappa shape index (κ2) is 10.5. The molecular weight excluding hydrogens is 484 g/mol. The van der Waals surface area contributed by atoms with Crippen LogP contribution in [0, 0.1) is 13.8 Å². The molecule has 3 heterocycles. The Hall–Kier alpha value is -3.37. The number of thiophene rings is 1. The zero-order valence-electron chi connectivity index (χ0n) is 19.7. The number of benzene rings is 1. The van der Waals surface area contributed by atoms with E-state index in [1.807, 2.05) is 44.3 Å². The molecule has 8 nitrogen and oxygen atoms in total. The van der Waals surface area contributed by atoms with Crippen molar-refractivity contribution >= 4 is 56.1 Å². The van der Waals surface area contributed by atoms with Gasteiger partial charge in [-0.3, -0.25) is 14.2 Å². The summed E-state index contributed by atoms with van der Waals surface area (Å²) in [6, 6.07) is 6.91. The topological polar surface area (TPSA) is 106 Å². The molecule has 0 bridgehead atoms. The second-order valence-electron chi connectivity index (χ2n) is 8.06. The Kier molecular flexibility index (Phi) is 7.42. The van der Waals surface area contributed by atoms with Gasteiger partial charge in [-0.15, -0.1) is 17.9 Å². The molecule has 35 heavy (non-hydrogen) atoms. The van der Waals surface area contributed by atoms with Crippen LogP contribution in [-0.2, 0) is 27.3 Å². The first-order valence-corrected chi connectivity index (χ1v) is 12.8. The highest BCUT2D eigenvalue weighted by atomic mass is 32.2. The van der Waals surface area contributed by atoms with Crippen LogP contribution in [0.2, 0.25) is 0 Å². The lowest BCUT2D eigenvalue weighted by Crippen LogP contribution is -2.43. The Balaban J connectivity index is 1.52. The fraction of sp³-hybridized carbons (Fsp3) is 0.280. The molecule has 4 rings (SSSR count). The Morgan fingerprint density at radius 2 is 2.11 bits per heavy atom. The predicted molar refractivity (Wildman–Crippen MR) is 140 cm³/mol. The molecule has 182 valence electrons. The van der Waals surface area contributed by atoms with Crippen LogP contribution >= 0.6 is 23.1 Å². The normalized spacial score (nSPS) is 12.1. The number of ether oxygens (including phenoxy) is 1. The van der Waals surface area contributed by atoms with Gasteiger partial charge in [0.05, 0.1) is 18.2 Å². The van der Waals surface area contributed by atoms with Gasteiger partial charge in [0.1, 0.15) is 10.9 Å². The first-order valence-electron chi connectivity index (χ1n) is 11.0. The van der Waals surface area contributed by atoms with E-state index in [2.05, 4.69) is 21.9 Å². The van der Waals surface area contributed by atoms with Gasteiger partial charge in [0.15, 0.2) is 5.16 Å². The zero-order valence-corrected chi connectivity index (χ0v) is 21.3. The third kappa shape index (κ3) is 5.03. The van der Waals surface area contributed by atoms with Gasteiger partial charge < -0.3 is 15.0 Å². The van der Waals surface area contributed by atoms with Gasteiger partial charge >= 0.3 is 5.97 Å². The Morgan fingerprint density at radius 3 is 2.86 bits per heavy atom. The van der Waals surface area contributed by atoms with Crippen molar-refractivity contribution in [3.05, 3.63) is 69.5 Å². The fourth-order valence-electron chi connectivity index (χ4n) is 3.93. The number of methoxy groups -OCH3 is 1. The molecule has 0 aliphatic heterocycles. The molecule has 0 aliphatic rings. The number of nitrogens with zero attached hydrogens (tertiary/aromatic N) is 2. The van der Waals surface area contributed by atoms with Crippen molar-refractivity contribution in [3.63, 3.8) is 0 Å². The number of carbonyl (C=O) groups is 2. The van der Waals surface area contributed by atoms with Gasteiger partial charge in [-0.25, -0.2) is 9.78 Å². The molecule has 1 atom stereocenters. The van der Waals surface area contributed by atoms with Crippen molar-refractivity contribution in [2.45, 2.75) is 38.0 Å². The number of nitrogens with one attached hydrogen (secondary N) is 2. The summed E-state index contributed by atoms with van der Waals surface area (Å²) in [6.07, 6.45) is 3.74. The van der Waals surface area contributed by atoms with Gasteiger partial charge in [0, 0.05) is 34.9 Å². The molecule has 0 fully saturated rings. The number of aryl methyl sites for hydroxylation is 2. The summed E-state index contributed by atoms with van der Waals surface area (Å²) in [5.74, 6) is -0.899.